The van der Waals surface area contributed by atoms with Crippen molar-refractivity contribution in [3.8, 4) is 0 Å². The van der Waals surface area contributed by atoms with Gasteiger partial charge in [0.05, 0.1) is 6.10 Å². The highest BCUT2D eigenvalue weighted by molar-refractivity contribution is 5.93. The number of aliphatic hydroxyl groups is 1. The molecule has 1 aliphatic rings. The van der Waals surface area contributed by atoms with Gasteiger partial charge in [-0.2, -0.15) is 0 Å². The molecule has 0 spiro atoms. The molecular formula is C17H24FNO2. The average Bonchev–Trinajstić information content (AvgIpc) is 2.45. The van der Waals surface area contributed by atoms with Crippen molar-refractivity contribution in [1.29, 1.82) is 0 Å². The van der Waals surface area contributed by atoms with Gasteiger partial charge >= 0.3 is 0 Å². The largest absolute Gasteiger partial charge is 0.388 e. The second kappa shape index (κ2) is 7.03. The number of anilines is 1. The number of amides is 1. The van der Waals surface area contributed by atoms with E-state index in [0.29, 0.717) is 24.1 Å². The Bertz CT molecular complexity index is 510. The van der Waals surface area contributed by atoms with Gasteiger partial charge in [-0.1, -0.05) is 26.7 Å². The lowest BCUT2D eigenvalue weighted by atomic mass is 9.86. The number of halogens is 1. The summed E-state index contributed by atoms with van der Waals surface area (Å²) in [5, 5.41) is 13.2. The molecule has 1 unspecified atom stereocenters. The lowest BCUT2D eigenvalue weighted by Crippen LogP contribution is -2.21. The van der Waals surface area contributed by atoms with Gasteiger partial charge in [-0.25, -0.2) is 4.39 Å². The van der Waals surface area contributed by atoms with Crippen molar-refractivity contribution in [3.05, 3.63) is 29.1 Å². The second-order valence-electron chi connectivity index (χ2n) is 5.86. The smallest absolute Gasteiger partial charge is 0.224 e. The Morgan fingerprint density at radius 1 is 1.24 bits per heavy atom. The Morgan fingerprint density at radius 3 is 2.52 bits per heavy atom. The van der Waals surface area contributed by atoms with Crippen LogP contribution in [0, 0.1) is 11.7 Å². The van der Waals surface area contributed by atoms with E-state index < -0.39 is 11.9 Å². The molecule has 1 amide bonds. The summed E-state index contributed by atoms with van der Waals surface area (Å²) in [6.07, 6.45) is 3.99. The minimum atomic E-state index is -0.771. The summed E-state index contributed by atoms with van der Waals surface area (Å²) >= 11 is 0. The summed E-state index contributed by atoms with van der Waals surface area (Å²) in [7, 11) is 0. The predicted octanol–water partition coefficient (Wildman–Crippen LogP) is 3.96. The van der Waals surface area contributed by atoms with Gasteiger partial charge in [0.25, 0.3) is 0 Å². The molecule has 2 N–H and O–H groups in total. The van der Waals surface area contributed by atoms with E-state index in [4.69, 9.17) is 0 Å². The fraction of sp³-hybridized carbons (Fsp3) is 0.588. The highest BCUT2D eigenvalue weighted by Gasteiger charge is 2.25. The first-order valence-electron chi connectivity index (χ1n) is 7.87. The van der Waals surface area contributed by atoms with Crippen molar-refractivity contribution in [1.82, 2.24) is 0 Å². The fourth-order valence-electron chi connectivity index (χ4n) is 3.10. The maximum Gasteiger partial charge on any atom is 0.224 e. The third-order valence-corrected chi connectivity index (χ3v) is 4.20. The minimum absolute atomic E-state index is 0.0787. The number of rotatable bonds is 6. The first kappa shape index (κ1) is 16.0. The van der Waals surface area contributed by atoms with Crippen molar-refractivity contribution >= 4 is 11.6 Å². The summed E-state index contributed by atoms with van der Waals surface area (Å²) in [6, 6.07) is 3.08. The maximum atomic E-state index is 14.3. The number of aliphatic hydroxyl groups excluding tert-OH is 1. The maximum absolute atomic E-state index is 14.3. The second-order valence-corrected chi connectivity index (χ2v) is 5.86. The minimum Gasteiger partial charge on any atom is -0.388 e. The molecule has 1 aromatic rings. The number of nitrogens with one attached hydrogen (secondary N) is 1. The molecular weight excluding hydrogens is 269 g/mol. The Morgan fingerprint density at radius 2 is 1.90 bits per heavy atom. The number of fused-ring (bicyclic) bond motifs is 1. The van der Waals surface area contributed by atoms with Crippen LogP contribution in [-0.2, 0) is 11.2 Å². The normalized spacial score (nSPS) is 15.8. The van der Waals surface area contributed by atoms with Gasteiger partial charge < -0.3 is 10.4 Å². The monoisotopic (exact) mass is 293 g/mol. The zero-order valence-electron chi connectivity index (χ0n) is 12.8. The molecule has 21 heavy (non-hydrogen) atoms. The van der Waals surface area contributed by atoms with E-state index in [-0.39, 0.29) is 11.8 Å². The summed E-state index contributed by atoms with van der Waals surface area (Å²) < 4.78 is 14.3. The summed E-state index contributed by atoms with van der Waals surface area (Å²) in [5.74, 6) is -0.420. The fourth-order valence-corrected chi connectivity index (χ4v) is 3.10. The van der Waals surface area contributed by atoms with Crippen LogP contribution in [0.1, 0.15) is 63.2 Å². The highest BCUT2D eigenvalue weighted by atomic mass is 19.1. The van der Waals surface area contributed by atoms with Crippen LogP contribution in [0.5, 0.6) is 0 Å². The molecule has 2 rings (SSSR count). The van der Waals surface area contributed by atoms with Crippen LogP contribution in [0.25, 0.3) is 0 Å². The number of benzene rings is 1. The van der Waals surface area contributed by atoms with Crippen molar-refractivity contribution < 1.29 is 14.3 Å². The molecule has 1 atom stereocenters. The van der Waals surface area contributed by atoms with Crippen LogP contribution < -0.4 is 5.32 Å². The van der Waals surface area contributed by atoms with Crippen molar-refractivity contribution in [2.45, 2.75) is 58.5 Å². The van der Waals surface area contributed by atoms with E-state index in [1.165, 1.54) is 6.07 Å². The first-order chi connectivity index (χ1) is 10.1. The van der Waals surface area contributed by atoms with Gasteiger partial charge in [0.2, 0.25) is 5.91 Å². The van der Waals surface area contributed by atoms with E-state index in [2.05, 4.69) is 19.2 Å². The zero-order chi connectivity index (χ0) is 15.4. The average molecular weight is 293 g/mol. The van der Waals surface area contributed by atoms with E-state index in [1.807, 2.05) is 0 Å². The molecule has 0 saturated carbocycles. The third kappa shape index (κ3) is 3.62. The van der Waals surface area contributed by atoms with Crippen LogP contribution in [0.2, 0.25) is 0 Å². The number of hydrogen-bond donors (Lipinski definition) is 2. The van der Waals surface area contributed by atoms with Crippen LogP contribution in [0.4, 0.5) is 10.1 Å². The Labute approximate surface area is 125 Å². The van der Waals surface area contributed by atoms with Gasteiger partial charge in [-0.3, -0.25) is 4.79 Å². The van der Waals surface area contributed by atoms with Gasteiger partial charge in [0.15, 0.2) is 0 Å². The molecule has 0 saturated heterocycles. The summed E-state index contributed by atoms with van der Waals surface area (Å²) in [5.41, 5.74) is 1.83. The van der Waals surface area contributed by atoms with Crippen molar-refractivity contribution in [2.24, 2.45) is 5.92 Å². The SMILES string of the molecule is CCCC(CCC)C(O)c1cc2c(cc1F)NC(=O)CC2. The van der Waals surface area contributed by atoms with Crippen LogP contribution in [-0.4, -0.2) is 11.0 Å². The Hall–Kier alpha value is -1.42. The molecule has 0 aliphatic carbocycles. The highest BCUT2D eigenvalue weighted by Crippen LogP contribution is 2.34. The lowest BCUT2D eigenvalue weighted by Gasteiger charge is -2.25. The topological polar surface area (TPSA) is 49.3 Å². The van der Waals surface area contributed by atoms with E-state index in [0.717, 1.165) is 31.2 Å². The van der Waals surface area contributed by atoms with E-state index >= 15 is 0 Å². The Kier molecular flexibility index (Phi) is 5.34. The van der Waals surface area contributed by atoms with Gasteiger partial charge in [0, 0.05) is 17.7 Å². The molecule has 0 aromatic heterocycles. The van der Waals surface area contributed by atoms with Gasteiger partial charge in [0.1, 0.15) is 5.82 Å². The van der Waals surface area contributed by atoms with E-state index in [1.54, 1.807) is 6.07 Å². The summed E-state index contributed by atoms with van der Waals surface area (Å²) in [4.78, 5) is 11.4. The number of hydrogen-bond acceptors (Lipinski definition) is 2. The van der Waals surface area contributed by atoms with Crippen molar-refractivity contribution in [2.75, 3.05) is 5.32 Å². The lowest BCUT2D eigenvalue weighted by molar-refractivity contribution is -0.116. The predicted molar refractivity (Wildman–Crippen MR) is 81.6 cm³/mol. The molecule has 1 heterocycles. The first-order valence-corrected chi connectivity index (χ1v) is 7.87. The van der Waals surface area contributed by atoms with Crippen molar-refractivity contribution in [3.63, 3.8) is 0 Å². The molecule has 0 radical (unpaired) electrons. The van der Waals surface area contributed by atoms with E-state index in [9.17, 15) is 14.3 Å². The van der Waals surface area contributed by atoms with Crippen LogP contribution in [0.3, 0.4) is 0 Å². The van der Waals surface area contributed by atoms with Gasteiger partial charge in [-0.15, -0.1) is 0 Å². The molecule has 1 aromatic carbocycles. The molecule has 1 aliphatic heterocycles. The summed E-state index contributed by atoms with van der Waals surface area (Å²) in [6.45, 7) is 4.16. The molecule has 4 heteroatoms. The number of carbonyl (C=O) groups excluding carboxylic acids is 1. The Balaban J connectivity index is 2.28. The standard InChI is InChI=1S/C17H24FNO2/c1-3-5-11(6-4-2)17(21)13-9-12-7-8-16(20)19-15(12)10-14(13)18/h9-11,17,21H,3-8H2,1-2H3,(H,19,20). The number of aryl methyl sites for hydroxylation is 1. The molecule has 0 bridgehead atoms. The zero-order valence-corrected chi connectivity index (χ0v) is 12.8. The van der Waals surface area contributed by atoms with Crippen LogP contribution >= 0.6 is 0 Å². The quantitative estimate of drug-likeness (QED) is 0.834. The van der Waals surface area contributed by atoms with Gasteiger partial charge in [-0.05, 0) is 42.9 Å². The third-order valence-electron chi connectivity index (χ3n) is 4.20. The molecule has 0 fully saturated rings. The molecule has 3 nitrogen and oxygen atoms in total. The van der Waals surface area contributed by atoms with Crippen LogP contribution in [0.15, 0.2) is 12.1 Å². The molecule has 116 valence electrons. The number of carbonyl (C=O) groups is 1.